The molecule has 0 amide bonds. The van der Waals surface area contributed by atoms with Gasteiger partial charge >= 0.3 is 5.97 Å². The summed E-state index contributed by atoms with van der Waals surface area (Å²) in [5.41, 5.74) is 0. The smallest absolute Gasteiger partial charge is 0.380 e. The summed E-state index contributed by atoms with van der Waals surface area (Å²) >= 11 is 1.12. The number of esters is 1. The third-order valence-electron chi connectivity index (χ3n) is 3.58. The molecule has 26 heavy (non-hydrogen) atoms. The minimum Gasteiger partial charge on any atom is -0.490 e. The van der Waals surface area contributed by atoms with Gasteiger partial charge in [-0.05, 0) is 42.0 Å². The van der Waals surface area contributed by atoms with E-state index in [-0.39, 0.29) is 6.61 Å². The van der Waals surface area contributed by atoms with Crippen LogP contribution in [-0.2, 0) is 9.53 Å². The highest BCUT2D eigenvalue weighted by Gasteiger charge is 2.19. The number of thiophene rings is 1. The van der Waals surface area contributed by atoms with Crippen LogP contribution in [0, 0.1) is 0 Å². The third kappa shape index (κ3) is 4.40. The molecule has 0 unspecified atom stereocenters. The van der Waals surface area contributed by atoms with Crippen molar-refractivity contribution in [3.05, 3.63) is 59.5 Å². The van der Waals surface area contributed by atoms with Gasteiger partial charge in [0, 0.05) is 0 Å². The zero-order valence-corrected chi connectivity index (χ0v) is 15.1. The van der Waals surface area contributed by atoms with E-state index < -0.39 is 11.8 Å². The second kappa shape index (κ2) is 8.49. The molecule has 5 nitrogen and oxygen atoms in total. The van der Waals surface area contributed by atoms with Crippen molar-refractivity contribution in [2.24, 2.45) is 0 Å². The zero-order chi connectivity index (χ0) is 18.4. The van der Waals surface area contributed by atoms with E-state index in [4.69, 9.17) is 14.2 Å². The first-order valence-corrected chi connectivity index (χ1v) is 9.04. The van der Waals surface area contributed by atoms with Crippen LogP contribution in [0.5, 0.6) is 10.8 Å². The number of Topliss-reactive ketones (excluding diaryl/α,β-unsaturated/α-hetero) is 1. The second-order valence-corrected chi connectivity index (χ2v) is 6.42. The predicted molar refractivity (Wildman–Crippen MR) is 100 cm³/mol. The van der Waals surface area contributed by atoms with Crippen LogP contribution in [-0.4, -0.2) is 31.6 Å². The Morgan fingerprint density at radius 1 is 0.923 bits per heavy atom. The average molecular weight is 370 g/mol. The van der Waals surface area contributed by atoms with Crippen molar-refractivity contribution in [1.82, 2.24) is 0 Å². The molecule has 0 aliphatic heterocycles. The Labute approximate surface area is 155 Å². The highest BCUT2D eigenvalue weighted by molar-refractivity contribution is 7.16. The summed E-state index contributed by atoms with van der Waals surface area (Å²) in [6.07, 6.45) is 0. The minimum absolute atomic E-state index is 0.172. The highest BCUT2D eigenvalue weighted by atomic mass is 32.1. The van der Waals surface area contributed by atoms with Crippen molar-refractivity contribution in [3.8, 4) is 10.8 Å². The molecule has 3 rings (SSSR count). The van der Waals surface area contributed by atoms with E-state index in [1.165, 1.54) is 0 Å². The van der Waals surface area contributed by atoms with E-state index in [1.54, 1.807) is 19.1 Å². The predicted octanol–water partition coefficient (Wildman–Crippen LogP) is 4.10. The molecule has 0 radical (unpaired) electrons. The van der Waals surface area contributed by atoms with Crippen LogP contribution < -0.4 is 9.47 Å². The molecule has 0 aliphatic rings. The molecule has 0 aliphatic carbocycles. The molecule has 0 atom stereocenters. The molecule has 134 valence electrons. The van der Waals surface area contributed by atoms with E-state index in [2.05, 4.69) is 0 Å². The molecule has 0 bridgehead atoms. The monoisotopic (exact) mass is 370 g/mol. The molecular formula is C20H18O5S. The Hall–Kier alpha value is -2.86. The van der Waals surface area contributed by atoms with Crippen LogP contribution in [0.2, 0.25) is 0 Å². The lowest BCUT2D eigenvalue weighted by molar-refractivity contribution is -0.137. The van der Waals surface area contributed by atoms with Crippen molar-refractivity contribution in [1.29, 1.82) is 0 Å². The Balaban J connectivity index is 1.49. The van der Waals surface area contributed by atoms with Crippen molar-refractivity contribution in [3.63, 3.8) is 0 Å². The second-order valence-electron chi connectivity index (χ2n) is 5.37. The molecule has 1 aromatic heterocycles. The van der Waals surface area contributed by atoms with E-state index in [9.17, 15) is 9.59 Å². The van der Waals surface area contributed by atoms with Crippen molar-refractivity contribution >= 4 is 33.9 Å². The van der Waals surface area contributed by atoms with Gasteiger partial charge < -0.3 is 14.2 Å². The number of ether oxygens (including phenoxy) is 3. The van der Waals surface area contributed by atoms with Crippen LogP contribution in [0.3, 0.4) is 0 Å². The van der Waals surface area contributed by atoms with Gasteiger partial charge in [-0.25, -0.2) is 4.79 Å². The van der Waals surface area contributed by atoms with Gasteiger partial charge in [0.25, 0.3) is 5.78 Å². The summed E-state index contributed by atoms with van der Waals surface area (Å²) in [5.74, 6) is -0.726. The largest absolute Gasteiger partial charge is 0.490 e. The average Bonchev–Trinajstić information content (AvgIpc) is 3.13. The van der Waals surface area contributed by atoms with Gasteiger partial charge in [-0.2, -0.15) is 0 Å². The van der Waals surface area contributed by atoms with Gasteiger partial charge in [0.1, 0.15) is 19.0 Å². The van der Waals surface area contributed by atoms with Crippen LogP contribution in [0.25, 0.3) is 10.8 Å². The van der Waals surface area contributed by atoms with Gasteiger partial charge in [0.05, 0.1) is 11.5 Å². The van der Waals surface area contributed by atoms with E-state index in [0.29, 0.717) is 23.2 Å². The van der Waals surface area contributed by atoms with Crippen LogP contribution in [0.15, 0.2) is 54.6 Å². The first-order chi connectivity index (χ1) is 12.7. The normalized spacial score (nSPS) is 10.5. The first kappa shape index (κ1) is 17.9. The number of carbonyl (C=O) groups is 2. The zero-order valence-electron chi connectivity index (χ0n) is 14.3. The first-order valence-electron chi connectivity index (χ1n) is 8.23. The Kier molecular flexibility index (Phi) is 5.86. The SMILES string of the molecule is CCOC(=O)C(=O)c1ccc(OCCOc2ccc3ccccc3c2)s1. The standard InChI is InChI=1S/C20H18O5S/c1-2-23-20(22)19(21)17-9-10-18(26-17)25-12-11-24-16-8-7-14-5-3-4-6-15(14)13-16/h3-10,13H,2,11-12H2,1H3. The number of ketones is 1. The van der Waals surface area contributed by atoms with Gasteiger partial charge in [0.2, 0.25) is 0 Å². The number of benzene rings is 2. The maximum absolute atomic E-state index is 11.8. The minimum atomic E-state index is -0.847. The molecule has 2 aromatic carbocycles. The number of fused-ring (bicyclic) bond motifs is 1. The molecule has 0 fully saturated rings. The van der Waals surface area contributed by atoms with Crippen molar-refractivity contribution in [2.75, 3.05) is 19.8 Å². The molecule has 0 saturated heterocycles. The van der Waals surface area contributed by atoms with Gasteiger partial charge in [0.15, 0.2) is 5.06 Å². The molecule has 0 spiro atoms. The maximum atomic E-state index is 11.8. The van der Waals surface area contributed by atoms with Crippen molar-refractivity contribution < 1.29 is 23.8 Å². The Morgan fingerprint density at radius 2 is 1.69 bits per heavy atom. The number of hydrogen-bond donors (Lipinski definition) is 0. The summed E-state index contributed by atoms with van der Waals surface area (Å²) in [5, 5.41) is 2.83. The van der Waals surface area contributed by atoms with Gasteiger partial charge in [-0.3, -0.25) is 4.79 Å². The van der Waals surface area contributed by atoms with Gasteiger partial charge in [-0.1, -0.05) is 41.7 Å². The van der Waals surface area contributed by atoms with Gasteiger partial charge in [-0.15, -0.1) is 0 Å². The lowest BCUT2D eigenvalue weighted by atomic mass is 10.1. The summed E-state index contributed by atoms with van der Waals surface area (Å²) in [6, 6.07) is 17.2. The molecule has 0 saturated carbocycles. The van der Waals surface area contributed by atoms with Crippen LogP contribution in [0.1, 0.15) is 16.6 Å². The summed E-state index contributed by atoms with van der Waals surface area (Å²) < 4.78 is 16.0. The lowest BCUT2D eigenvalue weighted by Crippen LogP contribution is -2.16. The third-order valence-corrected chi connectivity index (χ3v) is 4.58. The quantitative estimate of drug-likeness (QED) is 0.258. The fourth-order valence-corrected chi connectivity index (χ4v) is 3.18. The van der Waals surface area contributed by atoms with Crippen LogP contribution in [0.4, 0.5) is 0 Å². The lowest BCUT2D eigenvalue weighted by Gasteiger charge is -2.08. The molecular weight excluding hydrogens is 352 g/mol. The molecule has 1 heterocycles. The fraction of sp³-hybridized carbons (Fsp3) is 0.200. The maximum Gasteiger partial charge on any atom is 0.380 e. The fourth-order valence-electron chi connectivity index (χ4n) is 2.38. The van der Waals surface area contributed by atoms with E-state index in [0.717, 1.165) is 27.9 Å². The van der Waals surface area contributed by atoms with E-state index >= 15 is 0 Å². The highest BCUT2D eigenvalue weighted by Crippen LogP contribution is 2.25. The Morgan fingerprint density at radius 3 is 2.50 bits per heavy atom. The van der Waals surface area contributed by atoms with E-state index in [1.807, 2.05) is 42.5 Å². The number of rotatable bonds is 8. The molecule has 6 heteroatoms. The Bertz CT molecular complexity index is 915. The molecule has 0 N–H and O–H groups in total. The molecule has 3 aromatic rings. The summed E-state index contributed by atoms with van der Waals surface area (Å²) in [7, 11) is 0. The van der Waals surface area contributed by atoms with Crippen LogP contribution >= 0.6 is 11.3 Å². The number of carbonyl (C=O) groups excluding carboxylic acids is 2. The summed E-state index contributed by atoms with van der Waals surface area (Å²) in [6.45, 7) is 2.53. The van der Waals surface area contributed by atoms with Crippen molar-refractivity contribution in [2.45, 2.75) is 6.92 Å². The number of hydrogen-bond acceptors (Lipinski definition) is 6. The summed E-state index contributed by atoms with van der Waals surface area (Å²) in [4.78, 5) is 23.6. The topological polar surface area (TPSA) is 61.8 Å².